The molecule has 1 aromatic heterocycles. The van der Waals surface area contributed by atoms with E-state index in [1.54, 1.807) is 11.0 Å². The highest BCUT2D eigenvalue weighted by atomic mass is 16.5. The number of rotatable bonds is 4. The third-order valence-corrected chi connectivity index (χ3v) is 3.14. The Labute approximate surface area is 123 Å². The van der Waals surface area contributed by atoms with Crippen molar-refractivity contribution in [2.75, 3.05) is 0 Å². The van der Waals surface area contributed by atoms with Gasteiger partial charge < -0.3 is 10.5 Å². The largest absolute Gasteiger partial charge is 0.423 e. The molecule has 0 unspecified atom stereocenters. The van der Waals surface area contributed by atoms with E-state index in [1.807, 2.05) is 55.5 Å². The minimum Gasteiger partial charge on any atom is -0.423 e. The Hall–Kier alpha value is -2.66. The van der Waals surface area contributed by atoms with Crippen LogP contribution in [0.5, 0.6) is 11.8 Å². The molecule has 2 aromatic carbocycles. The standard InChI is InChI=1S/C16H16N4O/c1-12-7-8-13(10-17)15(9-12)21-16-18-11-20(19-16)14-5-3-2-4-6-14/h2-9,11H,10,17H2,1H3. The molecule has 21 heavy (non-hydrogen) atoms. The van der Waals surface area contributed by atoms with Crippen LogP contribution in [0.2, 0.25) is 0 Å². The molecule has 0 fully saturated rings. The third-order valence-electron chi connectivity index (χ3n) is 3.14. The van der Waals surface area contributed by atoms with E-state index in [0.29, 0.717) is 18.3 Å². The highest BCUT2D eigenvalue weighted by Crippen LogP contribution is 2.24. The molecule has 0 saturated heterocycles. The van der Waals surface area contributed by atoms with E-state index in [9.17, 15) is 0 Å². The molecule has 0 radical (unpaired) electrons. The molecule has 0 saturated carbocycles. The van der Waals surface area contributed by atoms with Crippen LogP contribution in [0.3, 0.4) is 0 Å². The van der Waals surface area contributed by atoms with Crippen molar-refractivity contribution in [2.45, 2.75) is 13.5 Å². The zero-order valence-electron chi connectivity index (χ0n) is 11.7. The van der Waals surface area contributed by atoms with Crippen LogP contribution >= 0.6 is 0 Å². The minimum absolute atomic E-state index is 0.305. The number of benzene rings is 2. The predicted octanol–water partition coefficient (Wildman–Crippen LogP) is 2.83. The number of nitrogens with two attached hydrogens (primary N) is 1. The number of para-hydroxylation sites is 1. The number of ether oxygens (including phenoxy) is 1. The summed E-state index contributed by atoms with van der Waals surface area (Å²) < 4.78 is 7.43. The fourth-order valence-corrected chi connectivity index (χ4v) is 2.02. The second kappa shape index (κ2) is 5.76. The van der Waals surface area contributed by atoms with Gasteiger partial charge in [-0.1, -0.05) is 30.3 Å². The topological polar surface area (TPSA) is 66.0 Å². The van der Waals surface area contributed by atoms with Crippen molar-refractivity contribution in [3.8, 4) is 17.4 Å². The zero-order chi connectivity index (χ0) is 14.7. The van der Waals surface area contributed by atoms with E-state index in [1.165, 1.54) is 0 Å². The first-order chi connectivity index (χ1) is 10.3. The molecule has 0 aliphatic carbocycles. The van der Waals surface area contributed by atoms with Gasteiger partial charge in [-0.15, -0.1) is 5.10 Å². The van der Waals surface area contributed by atoms with Crippen LogP contribution in [0.15, 0.2) is 54.9 Å². The molecule has 0 atom stereocenters. The highest BCUT2D eigenvalue weighted by molar-refractivity contribution is 5.38. The molecular weight excluding hydrogens is 264 g/mol. The normalized spacial score (nSPS) is 10.6. The van der Waals surface area contributed by atoms with E-state index in [-0.39, 0.29) is 0 Å². The lowest BCUT2D eigenvalue weighted by Crippen LogP contribution is -2.00. The number of hydrogen-bond donors (Lipinski definition) is 1. The Morgan fingerprint density at radius 2 is 1.95 bits per heavy atom. The molecular formula is C16H16N4O. The second-order valence-electron chi connectivity index (χ2n) is 4.72. The molecule has 106 valence electrons. The van der Waals surface area contributed by atoms with Gasteiger partial charge in [0.05, 0.1) is 5.69 Å². The summed E-state index contributed by atoms with van der Waals surface area (Å²) in [5.74, 6) is 0.698. The van der Waals surface area contributed by atoms with Gasteiger partial charge in [-0.2, -0.15) is 4.98 Å². The minimum atomic E-state index is 0.305. The fraction of sp³-hybridized carbons (Fsp3) is 0.125. The predicted molar refractivity (Wildman–Crippen MR) is 80.5 cm³/mol. The summed E-state index contributed by atoms with van der Waals surface area (Å²) in [6.07, 6.45) is 1.63. The van der Waals surface area contributed by atoms with Crippen molar-refractivity contribution in [1.29, 1.82) is 0 Å². The van der Waals surface area contributed by atoms with Crippen molar-refractivity contribution in [3.05, 3.63) is 66.0 Å². The summed E-state index contributed by atoms with van der Waals surface area (Å²) in [5, 5.41) is 4.32. The van der Waals surface area contributed by atoms with Gasteiger partial charge in [-0.3, -0.25) is 0 Å². The van der Waals surface area contributed by atoms with Gasteiger partial charge in [0.15, 0.2) is 0 Å². The van der Waals surface area contributed by atoms with Crippen LogP contribution in [0, 0.1) is 6.92 Å². The quantitative estimate of drug-likeness (QED) is 0.798. The number of hydrogen-bond acceptors (Lipinski definition) is 4. The van der Waals surface area contributed by atoms with Crippen molar-refractivity contribution in [1.82, 2.24) is 14.8 Å². The second-order valence-corrected chi connectivity index (χ2v) is 4.72. The van der Waals surface area contributed by atoms with Crippen LogP contribution in [-0.4, -0.2) is 14.8 Å². The zero-order valence-corrected chi connectivity index (χ0v) is 11.7. The summed E-state index contributed by atoms with van der Waals surface area (Å²) in [7, 11) is 0. The van der Waals surface area contributed by atoms with Crippen molar-refractivity contribution in [2.24, 2.45) is 5.73 Å². The maximum Gasteiger partial charge on any atom is 0.341 e. The number of nitrogens with zero attached hydrogens (tertiary/aromatic N) is 3. The van der Waals surface area contributed by atoms with Crippen LogP contribution in [0.4, 0.5) is 0 Å². The van der Waals surface area contributed by atoms with E-state index in [4.69, 9.17) is 10.5 Å². The smallest absolute Gasteiger partial charge is 0.341 e. The lowest BCUT2D eigenvalue weighted by molar-refractivity contribution is 0.436. The SMILES string of the molecule is Cc1ccc(CN)c(Oc2ncn(-c3ccccc3)n2)c1. The van der Waals surface area contributed by atoms with Gasteiger partial charge in [0, 0.05) is 12.1 Å². The molecule has 0 bridgehead atoms. The molecule has 5 heteroatoms. The Morgan fingerprint density at radius 1 is 1.14 bits per heavy atom. The summed E-state index contributed by atoms with van der Waals surface area (Å²) in [6.45, 7) is 2.41. The first-order valence-electron chi connectivity index (χ1n) is 6.71. The lowest BCUT2D eigenvalue weighted by Gasteiger charge is -2.07. The first-order valence-corrected chi connectivity index (χ1v) is 6.71. The fourth-order valence-electron chi connectivity index (χ4n) is 2.02. The summed E-state index contributed by atoms with van der Waals surface area (Å²) in [6, 6.07) is 16.0. The molecule has 5 nitrogen and oxygen atoms in total. The Morgan fingerprint density at radius 3 is 2.71 bits per heavy atom. The molecule has 3 aromatic rings. The Bertz CT molecular complexity index is 737. The van der Waals surface area contributed by atoms with Crippen LogP contribution in [0.25, 0.3) is 5.69 Å². The van der Waals surface area contributed by atoms with Gasteiger partial charge in [-0.25, -0.2) is 4.68 Å². The third kappa shape index (κ3) is 2.93. The lowest BCUT2D eigenvalue weighted by atomic mass is 10.1. The van der Waals surface area contributed by atoms with Crippen molar-refractivity contribution in [3.63, 3.8) is 0 Å². The maximum absolute atomic E-state index is 5.76. The molecule has 0 spiro atoms. The van der Waals surface area contributed by atoms with E-state index >= 15 is 0 Å². The van der Waals surface area contributed by atoms with Crippen molar-refractivity contribution < 1.29 is 4.74 Å². The molecule has 1 heterocycles. The molecule has 0 aliphatic rings. The molecule has 2 N–H and O–H groups in total. The first kappa shape index (κ1) is 13.3. The summed E-state index contributed by atoms with van der Waals surface area (Å²) >= 11 is 0. The molecule has 0 aliphatic heterocycles. The monoisotopic (exact) mass is 280 g/mol. The highest BCUT2D eigenvalue weighted by Gasteiger charge is 2.08. The molecule has 0 amide bonds. The van der Waals surface area contributed by atoms with Crippen LogP contribution < -0.4 is 10.5 Å². The van der Waals surface area contributed by atoms with Gasteiger partial charge >= 0.3 is 6.01 Å². The number of aromatic nitrogens is 3. The Balaban J connectivity index is 1.87. The van der Waals surface area contributed by atoms with E-state index < -0.39 is 0 Å². The van der Waals surface area contributed by atoms with E-state index in [0.717, 1.165) is 16.8 Å². The molecule has 3 rings (SSSR count). The Kier molecular flexibility index (Phi) is 3.66. The van der Waals surface area contributed by atoms with Crippen LogP contribution in [0.1, 0.15) is 11.1 Å². The maximum atomic E-state index is 5.76. The van der Waals surface area contributed by atoms with Gasteiger partial charge in [0.1, 0.15) is 12.1 Å². The van der Waals surface area contributed by atoms with Gasteiger partial charge in [0.2, 0.25) is 0 Å². The van der Waals surface area contributed by atoms with E-state index in [2.05, 4.69) is 10.1 Å². The van der Waals surface area contributed by atoms with Gasteiger partial charge in [0.25, 0.3) is 0 Å². The summed E-state index contributed by atoms with van der Waals surface area (Å²) in [4.78, 5) is 4.18. The van der Waals surface area contributed by atoms with Gasteiger partial charge in [-0.05, 0) is 30.7 Å². The van der Waals surface area contributed by atoms with Crippen LogP contribution in [-0.2, 0) is 6.54 Å². The number of aryl methyl sites for hydroxylation is 1. The average Bonchev–Trinajstić information content (AvgIpc) is 2.97. The summed E-state index contributed by atoms with van der Waals surface area (Å²) in [5.41, 5.74) is 8.69. The average molecular weight is 280 g/mol. The van der Waals surface area contributed by atoms with Crippen molar-refractivity contribution >= 4 is 0 Å².